The lowest BCUT2D eigenvalue weighted by Crippen LogP contribution is -2.44. The molecule has 0 aliphatic carbocycles. The molecule has 2 heterocycles. The van der Waals surface area contributed by atoms with Crippen molar-refractivity contribution in [3.05, 3.63) is 0 Å². The van der Waals surface area contributed by atoms with Crippen molar-refractivity contribution in [3.63, 3.8) is 0 Å². The molecule has 0 bridgehead atoms. The summed E-state index contributed by atoms with van der Waals surface area (Å²) in [5.74, 6) is 0.804. The largest absolute Gasteiger partial charge is 0.336 e. The van der Waals surface area contributed by atoms with Gasteiger partial charge >= 0.3 is 6.03 Å². The van der Waals surface area contributed by atoms with Crippen LogP contribution in [0.3, 0.4) is 0 Å². The van der Waals surface area contributed by atoms with Gasteiger partial charge in [0.05, 0.1) is 0 Å². The molecule has 2 aliphatic rings. The van der Waals surface area contributed by atoms with Gasteiger partial charge in [-0.2, -0.15) is 0 Å². The van der Waals surface area contributed by atoms with Crippen LogP contribution < -0.4 is 10.6 Å². The van der Waals surface area contributed by atoms with Crippen LogP contribution in [0.1, 0.15) is 6.42 Å². The molecule has 0 aromatic heterocycles. The summed E-state index contributed by atoms with van der Waals surface area (Å²) in [6.07, 6.45) is 1.15. The molecule has 0 atom stereocenters. The first kappa shape index (κ1) is 7.86. The van der Waals surface area contributed by atoms with Crippen molar-refractivity contribution < 1.29 is 4.79 Å². The van der Waals surface area contributed by atoms with Crippen molar-refractivity contribution in [2.45, 2.75) is 6.42 Å². The summed E-state index contributed by atoms with van der Waals surface area (Å²) in [5, 5.41) is 6.03. The number of urea groups is 1. The van der Waals surface area contributed by atoms with E-state index < -0.39 is 0 Å². The van der Waals surface area contributed by atoms with Crippen molar-refractivity contribution in [2.24, 2.45) is 5.92 Å². The van der Waals surface area contributed by atoms with Gasteiger partial charge in [0.15, 0.2) is 0 Å². The van der Waals surface area contributed by atoms with Crippen LogP contribution in [0.25, 0.3) is 0 Å². The molecule has 0 spiro atoms. The van der Waals surface area contributed by atoms with Crippen LogP contribution in [0.2, 0.25) is 0 Å². The van der Waals surface area contributed by atoms with Crippen molar-refractivity contribution in [3.8, 4) is 0 Å². The fraction of sp³-hybridized carbons (Fsp3) is 0.875. The number of hydrogen-bond acceptors (Lipinski definition) is 2. The van der Waals surface area contributed by atoms with Gasteiger partial charge in [-0.25, -0.2) is 4.79 Å². The zero-order valence-corrected chi connectivity index (χ0v) is 7.18. The molecule has 2 N–H and O–H groups in total. The van der Waals surface area contributed by atoms with Gasteiger partial charge in [-0.3, -0.25) is 0 Å². The van der Waals surface area contributed by atoms with Gasteiger partial charge in [0, 0.05) is 19.6 Å². The highest BCUT2D eigenvalue weighted by Crippen LogP contribution is 2.10. The normalized spacial score (nSPS) is 24.0. The van der Waals surface area contributed by atoms with Crippen LogP contribution in [0.15, 0.2) is 0 Å². The van der Waals surface area contributed by atoms with E-state index in [-0.39, 0.29) is 6.03 Å². The standard InChI is InChI=1S/C8H15N3O/c12-8-10-2-4-11(8)3-1-7-5-9-6-7/h7,9H,1-6H2,(H,10,12). The maximum absolute atomic E-state index is 11.1. The Morgan fingerprint density at radius 1 is 1.50 bits per heavy atom. The second kappa shape index (κ2) is 3.31. The third-order valence-corrected chi connectivity index (χ3v) is 2.62. The molecule has 4 heteroatoms. The Bertz CT molecular complexity index is 179. The molecular formula is C8H15N3O. The minimum atomic E-state index is 0.113. The number of hydrogen-bond donors (Lipinski definition) is 2. The number of amides is 2. The molecule has 0 aromatic carbocycles. The SMILES string of the molecule is O=C1NCCN1CCC1CNC1. The smallest absolute Gasteiger partial charge is 0.317 e. The molecule has 2 rings (SSSR count). The number of carbonyl (C=O) groups is 1. The molecule has 2 fully saturated rings. The highest BCUT2D eigenvalue weighted by molar-refractivity contribution is 5.76. The maximum Gasteiger partial charge on any atom is 0.317 e. The highest BCUT2D eigenvalue weighted by Gasteiger charge is 2.22. The minimum absolute atomic E-state index is 0.113. The topological polar surface area (TPSA) is 44.4 Å². The van der Waals surface area contributed by atoms with E-state index in [1.165, 1.54) is 0 Å². The second-order valence-electron chi connectivity index (χ2n) is 3.53. The third kappa shape index (κ3) is 1.53. The first-order chi connectivity index (χ1) is 5.86. The lowest BCUT2D eigenvalue weighted by atomic mass is 9.99. The van der Waals surface area contributed by atoms with Gasteiger partial charge in [-0.15, -0.1) is 0 Å². The van der Waals surface area contributed by atoms with Gasteiger partial charge in [0.25, 0.3) is 0 Å². The summed E-state index contributed by atoms with van der Waals surface area (Å²) < 4.78 is 0. The van der Waals surface area contributed by atoms with E-state index in [1.54, 1.807) is 0 Å². The Morgan fingerprint density at radius 2 is 2.33 bits per heavy atom. The first-order valence-corrected chi connectivity index (χ1v) is 4.60. The van der Waals surface area contributed by atoms with Crippen LogP contribution >= 0.6 is 0 Å². The van der Waals surface area contributed by atoms with Crippen molar-refractivity contribution in [2.75, 3.05) is 32.7 Å². The molecular weight excluding hydrogens is 154 g/mol. The van der Waals surface area contributed by atoms with E-state index in [1.807, 2.05) is 4.90 Å². The van der Waals surface area contributed by atoms with E-state index in [0.717, 1.165) is 45.1 Å². The Balaban J connectivity index is 1.68. The molecule has 2 saturated heterocycles. The van der Waals surface area contributed by atoms with Gasteiger partial charge in [0.2, 0.25) is 0 Å². The Morgan fingerprint density at radius 3 is 2.83 bits per heavy atom. The summed E-state index contributed by atoms with van der Waals surface area (Å²) >= 11 is 0. The molecule has 0 unspecified atom stereocenters. The molecule has 2 amide bonds. The number of nitrogens with one attached hydrogen (secondary N) is 2. The number of carbonyl (C=O) groups excluding carboxylic acids is 1. The van der Waals surface area contributed by atoms with E-state index in [0.29, 0.717) is 0 Å². The number of nitrogens with zero attached hydrogens (tertiary/aromatic N) is 1. The van der Waals surface area contributed by atoms with Crippen molar-refractivity contribution in [1.29, 1.82) is 0 Å². The Labute approximate surface area is 72.3 Å². The van der Waals surface area contributed by atoms with Gasteiger partial charge < -0.3 is 15.5 Å². The zero-order chi connectivity index (χ0) is 8.39. The third-order valence-electron chi connectivity index (χ3n) is 2.62. The van der Waals surface area contributed by atoms with Crippen LogP contribution in [-0.4, -0.2) is 43.7 Å². The van der Waals surface area contributed by atoms with Gasteiger partial charge in [0.1, 0.15) is 0 Å². The average Bonchev–Trinajstić information content (AvgIpc) is 2.33. The summed E-state index contributed by atoms with van der Waals surface area (Å²) in [6.45, 7) is 4.91. The molecule has 0 saturated carbocycles. The summed E-state index contributed by atoms with van der Waals surface area (Å²) in [4.78, 5) is 13.0. The fourth-order valence-corrected chi connectivity index (χ4v) is 1.62. The number of rotatable bonds is 3. The van der Waals surface area contributed by atoms with Crippen molar-refractivity contribution >= 4 is 6.03 Å². The van der Waals surface area contributed by atoms with E-state index in [4.69, 9.17) is 0 Å². The maximum atomic E-state index is 11.1. The first-order valence-electron chi connectivity index (χ1n) is 4.60. The fourth-order valence-electron chi connectivity index (χ4n) is 1.62. The van der Waals surface area contributed by atoms with Gasteiger partial charge in [-0.05, 0) is 25.4 Å². The van der Waals surface area contributed by atoms with E-state index in [9.17, 15) is 4.79 Å². The molecule has 2 aliphatic heterocycles. The molecule has 68 valence electrons. The quantitative estimate of drug-likeness (QED) is 0.605. The van der Waals surface area contributed by atoms with E-state index in [2.05, 4.69) is 10.6 Å². The second-order valence-corrected chi connectivity index (χ2v) is 3.53. The molecule has 0 radical (unpaired) electrons. The molecule has 0 aromatic rings. The average molecular weight is 169 g/mol. The van der Waals surface area contributed by atoms with Gasteiger partial charge in [-0.1, -0.05) is 0 Å². The summed E-state index contributed by atoms with van der Waals surface area (Å²) in [7, 11) is 0. The molecule has 12 heavy (non-hydrogen) atoms. The van der Waals surface area contributed by atoms with Crippen LogP contribution in [0.5, 0.6) is 0 Å². The lowest BCUT2D eigenvalue weighted by Gasteiger charge is -2.28. The lowest BCUT2D eigenvalue weighted by molar-refractivity contribution is 0.208. The summed E-state index contributed by atoms with van der Waals surface area (Å²) in [5.41, 5.74) is 0. The van der Waals surface area contributed by atoms with E-state index >= 15 is 0 Å². The zero-order valence-electron chi connectivity index (χ0n) is 7.18. The highest BCUT2D eigenvalue weighted by atomic mass is 16.2. The molecule has 4 nitrogen and oxygen atoms in total. The van der Waals surface area contributed by atoms with Crippen LogP contribution in [-0.2, 0) is 0 Å². The monoisotopic (exact) mass is 169 g/mol. The minimum Gasteiger partial charge on any atom is -0.336 e. The Hall–Kier alpha value is -0.770. The predicted octanol–water partition coefficient (Wildman–Crippen LogP) is -0.379. The predicted molar refractivity (Wildman–Crippen MR) is 45.9 cm³/mol. The summed E-state index contributed by atoms with van der Waals surface area (Å²) in [6, 6.07) is 0.113. The van der Waals surface area contributed by atoms with Crippen molar-refractivity contribution in [1.82, 2.24) is 15.5 Å². The van der Waals surface area contributed by atoms with Crippen LogP contribution in [0.4, 0.5) is 4.79 Å². The Kier molecular flexibility index (Phi) is 2.17. The van der Waals surface area contributed by atoms with Crippen LogP contribution in [0, 0.1) is 5.92 Å².